The standard InChI is InChI=1S/C24H30FN3O/c1-17-22(18-5-3-2-4-6-18)15-26-16-23(17)24(29)27-20-11-13-28(14-12-20)21-9-7-19(25)8-10-21/h2-10,17,20,22-23,26H,11-16H2,1H3,(H,27,29)/t17?,22-,23-/m1/s1. The molecular weight excluding hydrogens is 365 g/mol. The summed E-state index contributed by atoms with van der Waals surface area (Å²) in [7, 11) is 0. The van der Waals surface area contributed by atoms with Crippen molar-refractivity contribution in [2.45, 2.75) is 31.7 Å². The molecule has 5 heteroatoms. The van der Waals surface area contributed by atoms with Crippen molar-refractivity contribution in [2.24, 2.45) is 11.8 Å². The molecule has 0 spiro atoms. The minimum Gasteiger partial charge on any atom is -0.371 e. The van der Waals surface area contributed by atoms with Gasteiger partial charge in [-0.1, -0.05) is 37.3 Å². The predicted molar refractivity (Wildman–Crippen MR) is 114 cm³/mol. The Bertz CT molecular complexity index is 803. The number of hydrogen-bond donors (Lipinski definition) is 2. The van der Waals surface area contributed by atoms with Gasteiger partial charge in [0.1, 0.15) is 5.82 Å². The van der Waals surface area contributed by atoms with Crippen LogP contribution in [0.1, 0.15) is 31.2 Å². The largest absolute Gasteiger partial charge is 0.371 e. The Morgan fingerprint density at radius 3 is 2.41 bits per heavy atom. The second-order valence-corrected chi connectivity index (χ2v) is 8.39. The van der Waals surface area contributed by atoms with Crippen LogP contribution in [0, 0.1) is 17.7 Å². The average molecular weight is 396 g/mol. The summed E-state index contributed by atoms with van der Waals surface area (Å²) in [6.07, 6.45) is 1.83. The second-order valence-electron chi connectivity index (χ2n) is 8.39. The van der Waals surface area contributed by atoms with Crippen LogP contribution < -0.4 is 15.5 Å². The number of rotatable bonds is 4. The van der Waals surface area contributed by atoms with Crippen molar-refractivity contribution < 1.29 is 9.18 Å². The first kappa shape index (κ1) is 19.9. The Balaban J connectivity index is 1.32. The van der Waals surface area contributed by atoms with Crippen LogP contribution in [0.15, 0.2) is 54.6 Å². The Morgan fingerprint density at radius 2 is 1.72 bits per heavy atom. The maximum absolute atomic E-state index is 13.1. The summed E-state index contributed by atoms with van der Waals surface area (Å²) in [5, 5.41) is 6.77. The lowest BCUT2D eigenvalue weighted by molar-refractivity contribution is -0.128. The van der Waals surface area contributed by atoms with Crippen LogP contribution >= 0.6 is 0 Å². The van der Waals surface area contributed by atoms with E-state index in [1.807, 2.05) is 18.2 Å². The van der Waals surface area contributed by atoms with Crippen LogP contribution in [0.3, 0.4) is 0 Å². The molecule has 2 fully saturated rings. The number of anilines is 1. The molecule has 0 bridgehead atoms. The zero-order valence-corrected chi connectivity index (χ0v) is 17.0. The number of hydrogen-bond acceptors (Lipinski definition) is 3. The van der Waals surface area contributed by atoms with E-state index in [-0.39, 0.29) is 23.7 Å². The first-order chi connectivity index (χ1) is 14.1. The molecule has 2 aromatic carbocycles. The van der Waals surface area contributed by atoms with Gasteiger partial charge in [-0.15, -0.1) is 0 Å². The number of nitrogens with zero attached hydrogens (tertiary/aromatic N) is 1. The van der Waals surface area contributed by atoms with Crippen molar-refractivity contribution in [1.29, 1.82) is 0 Å². The molecule has 1 unspecified atom stereocenters. The number of carbonyl (C=O) groups excluding carboxylic acids is 1. The van der Waals surface area contributed by atoms with Gasteiger partial charge in [-0.3, -0.25) is 4.79 Å². The average Bonchev–Trinajstić information content (AvgIpc) is 2.75. The van der Waals surface area contributed by atoms with Crippen LogP contribution in [0.25, 0.3) is 0 Å². The highest BCUT2D eigenvalue weighted by molar-refractivity contribution is 5.80. The first-order valence-corrected chi connectivity index (χ1v) is 10.7. The second kappa shape index (κ2) is 8.95. The topological polar surface area (TPSA) is 44.4 Å². The van der Waals surface area contributed by atoms with Gasteiger partial charge in [0, 0.05) is 37.9 Å². The van der Waals surface area contributed by atoms with Crippen LogP contribution in [0.5, 0.6) is 0 Å². The van der Waals surface area contributed by atoms with E-state index in [2.05, 4.69) is 46.7 Å². The lowest BCUT2D eigenvalue weighted by Crippen LogP contribution is -2.52. The number of carbonyl (C=O) groups is 1. The zero-order valence-electron chi connectivity index (χ0n) is 17.0. The van der Waals surface area contributed by atoms with Crippen LogP contribution in [-0.2, 0) is 4.79 Å². The molecule has 29 heavy (non-hydrogen) atoms. The highest BCUT2D eigenvalue weighted by atomic mass is 19.1. The number of halogens is 1. The van der Waals surface area contributed by atoms with E-state index >= 15 is 0 Å². The van der Waals surface area contributed by atoms with Gasteiger partial charge in [-0.25, -0.2) is 4.39 Å². The lowest BCUT2D eigenvalue weighted by atomic mass is 9.76. The quantitative estimate of drug-likeness (QED) is 0.832. The third-order valence-electron chi connectivity index (χ3n) is 6.60. The van der Waals surface area contributed by atoms with Gasteiger partial charge < -0.3 is 15.5 Å². The van der Waals surface area contributed by atoms with E-state index in [4.69, 9.17) is 0 Å². The Hall–Kier alpha value is -2.40. The summed E-state index contributed by atoms with van der Waals surface area (Å²) < 4.78 is 13.1. The molecule has 2 saturated heterocycles. The molecule has 1 amide bonds. The molecular formula is C24H30FN3O. The van der Waals surface area contributed by atoms with Gasteiger partial charge >= 0.3 is 0 Å². The SMILES string of the molecule is CC1[C@H](C(=O)NC2CCN(c3ccc(F)cc3)CC2)CNC[C@H]1c1ccccc1. The van der Waals surface area contributed by atoms with Crippen molar-refractivity contribution in [3.8, 4) is 0 Å². The lowest BCUT2D eigenvalue weighted by Gasteiger charge is -2.38. The van der Waals surface area contributed by atoms with Gasteiger partial charge in [0.05, 0.1) is 5.92 Å². The Morgan fingerprint density at radius 1 is 1.03 bits per heavy atom. The molecule has 2 N–H and O–H groups in total. The van der Waals surface area contributed by atoms with E-state index in [1.54, 1.807) is 0 Å². The summed E-state index contributed by atoms with van der Waals surface area (Å²) in [5.41, 5.74) is 2.35. The predicted octanol–water partition coefficient (Wildman–Crippen LogP) is 3.55. The Labute approximate surface area is 172 Å². The molecule has 0 aliphatic carbocycles. The third kappa shape index (κ3) is 4.61. The highest BCUT2D eigenvalue weighted by Crippen LogP contribution is 2.33. The smallest absolute Gasteiger partial charge is 0.224 e. The molecule has 2 heterocycles. The van der Waals surface area contributed by atoms with Crippen molar-refractivity contribution >= 4 is 11.6 Å². The van der Waals surface area contributed by atoms with Crippen LogP contribution in [0.2, 0.25) is 0 Å². The van der Waals surface area contributed by atoms with E-state index in [0.29, 0.717) is 11.8 Å². The normalized spacial score (nSPS) is 25.6. The van der Waals surface area contributed by atoms with Gasteiger partial charge in [-0.05, 0) is 54.5 Å². The molecule has 2 aromatic rings. The van der Waals surface area contributed by atoms with Gasteiger partial charge in [0.15, 0.2) is 0 Å². The van der Waals surface area contributed by atoms with Gasteiger partial charge in [-0.2, -0.15) is 0 Å². The minimum atomic E-state index is -0.208. The van der Waals surface area contributed by atoms with E-state index in [0.717, 1.165) is 44.7 Å². The van der Waals surface area contributed by atoms with Crippen molar-refractivity contribution in [3.05, 3.63) is 66.0 Å². The fraction of sp³-hybridized carbons (Fsp3) is 0.458. The monoisotopic (exact) mass is 395 g/mol. The fourth-order valence-electron chi connectivity index (χ4n) is 4.74. The molecule has 0 radical (unpaired) electrons. The van der Waals surface area contributed by atoms with Crippen molar-refractivity contribution in [1.82, 2.24) is 10.6 Å². The zero-order chi connectivity index (χ0) is 20.2. The van der Waals surface area contributed by atoms with Crippen LogP contribution in [0.4, 0.5) is 10.1 Å². The molecule has 0 aromatic heterocycles. The summed E-state index contributed by atoms with van der Waals surface area (Å²) in [6, 6.07) is 17.4. The maximum Gasteiger partial charge on any atom is 0.224 e. The number of piperidine rings is 2. The van der Waals surface area contributed by atoms with Gasteiger partial charge in [0.2, 0.25) is 5.91 Å². The molecule has 2 aliphatic rings. The van der Waals surface area contributed by atoms with Crippen LogP contribution in [-0.4, -0.2) is 38.1 Å². The summed E-state index contributed by atoms with van der Waals surface area (Å²) in [5.74, 6) is 0.619. The number of amides is 1. The molecule has 4 rings (SSSR count). The van der Waals surface area contributed by atoms with E-state index in [9.17, 15) is 9.18 Å². The van der Waals surface area contributed by atoms with Crippen molar-refractivity contribution in [3.63, 3.8) is 0 Å². The molecule has 4 nitrogen and oxygen atoms in total. The van der Waals surface area contributed by atoms with Crippen molar-refractivity contribution in [2.75, 3.05) is 31.1 Å². The summed E-state index contributed by atoms with van der Waals surface area (Å²) >= 11 is 0. The molecule has 0 saturated carbocycles. The summed E-state index contributed by atoms with van der Waals surface area (Å²) in [4.78, 5) is 15.3. The van der Waals surface area contributed by atoms with E-state index < -0.39 is 0 Å². The molecule has 154 valence electrons. The third-order valence-corrected chi connectivity index (χ3v) is 6.60. The molecule has 3 atom stereocenters. The summed E-state index contributed by atoms with van der Waals surface area (Å²) in [6.45, 7) is 5.62. The number of benzene rings is 2. The van der Waals surface area contributed by atoms with Gasteiger partial charge in [0.25, 0.3) is 0 Å². The molecule has 2 aliphatic heterocycles. The van der Waals surface area contributed by atoms with E-state index in [1.165, 1.54) is 17.7 Å². The fourth-order valence-corrected chi connectivity index (χ4v) is 4.74. The number of nitrogens with one attached hydrogen (secondary N) is 2. The first-order valence-electron chi connectivity index (χ1n) is 10.7. The maximum atomic E-state index is 13.1. The highest BCUT2D eigenvalue weighted by Gasteiger charge is 2.36. The minimum absolute atomic E-state index is 0.0101. The Kier molecular flexibility index (Phi) is 6.14.